The summed E-state index contributed by atoms with van der Waals surface area (Å²) < 4.78 is 14.8. The molecule has 0 N–H and O–H groups in total. The summed E-state index contributed by atoms with van der Waals surface area (Å²) in [6.07, 6.45) is 1.70. The standard InChI is InChI=1S/C19H19FN2OS2/c1-5-10-22-18(23)16-11(2)12(3)24-17(16)21-19(22)25-13(4)14-6-8-15(20)9-7-14/h5-9,13H,1,10H2,2-4H3/t13-/m0/s1. The van der Waals surface area contributed by atoms with E-state index in [-0.39, 0.29) is 16.6 Å². The zero-order valence-electron chi connectivity index (χ0n) is 14.4. The second-order valence-electron chi connectivity index (χ2n) is 5.87. The first-order valence-electron chi connectivity index (χ1n) is 7.96. The first kappa shape index (κ1) is 17.9. The molecule has 0 saturated heterocycles. The number of thiophene rings is 1. The van der Waals surface area contributed by atoms with E-state index in [0.717, 1.165) is 20.8 Å². The topological polar surface area (TPSA) is 34.9 Å². The smallest absolute Gasteiger partial charge is 0.263 e. The second kappa shape index (κ2) is 7.14. The molecule has 0 amide bonds. The van der Waals surface area contributed by atoms with E-state index in [1.807, 2.05) is 20.8 Å². The number of fused-ring (bicyclic) bond motifs is 1. The Hall–Kier alpha value is -1.92. The molecule has 0 spiro atoms. The Labute approximate surface area is 154 Å². The van der Waals surface area contributed by atoms with E-state index in [2.05, 4.69) is 6.58 Å². The average Bonchev–Trinajstić information content (AvgIpc) is 2.86. The SMILES string of the molecule is C=CCn1c(S[C@@H](C)c2ccc(F)cc2)nc2sc(C)c(C)c2c1=O. The van der Waals surface area contributed by atoms with Crippen LogP contribution in [0.4, 0.5) is 4.39 Å². The van der Waals surface area contributed by atoms with Crippen LogP contribution in [0.15, 0.2) is 46.9 Å². The minimum absolute atomic E-state index is 0.0273. The van der Waals surface area contributed by atoms with Gasteiger partial charge in [-0.3, -0.25) is 9.36 Å². The van der Waals surface area contributed by atoms with Crippen LogP contribution in [0.25, 0.3) is 10.2 Å². The lowest BCUT2D eigenvalue weighted by molar-refractivity contribution is 0.627. The quantitative estimate of drug-likeness (QED) is 0.347. The highest BCUT2D eigenvalue weighted by Crippen LogP contribution is 2.35. The normalized spacial score (nSPS) is 12.5. The van der Waals surface area contributed by atoms with Crippen molar-refractivity contribution in [2.75, 3.05) is 0 Å². The molecular weight excluding hydrogens is 355 g/mol. The van der Waals surface area contributed by atoms with Gasteiger partial charge in [-0.05, 0) is 44.0 Å². The van der Waals surface area contributed by atoms with Crippen molar-refractivity contribution in [2.24, 2.45) is 0 Å². The molecule has 2 aromatic heterocycles. The minimum Gasteiger partial charge on any atom is -0.283 e. The highest BCUT2D eigenvalue weighted by Gasteiger charge is 2.18. The maximum atomic E-state index is 13.1. The van der Waals surface area contributed by atoms with E-state index in [0.29, 0.717) is 17.1 Å². The van der Waals surface area contributed by atoms with Crippen molar-refractivity contribution in [1.29, 1.82) is 0 Å². The number of allylic oxidation sites excluding steroid dienone is 1. The first-order chi connectivity index (χ1) is 11.9. The molecule has 0 aliphatic carbocycles. The Morgan fingerprint density at radius 2 is 2.04 bits per heavy atom. The average molecular weight is 375 g/mol. The highest BCUT2D eigenvalue weighted by molar-refractivity contribution is 7.99. The molecular formula is C19H19FN2OS2. The van der Waals surface area contributed by atoms with Crippen LogP contribution < -0.4 is 5.56 Å². The molecule has 1 atom stereocenters. The third-order valence-corrected chi connectivity index (χ3v) is 6.44. The van der Waals surface area contributed by atoms with Gasteiger partial charge in [0, 0.05) is 16.7 Å². The van der Waals surface area contributed by atoms with Crippen LogP contribution in [0, 0.1) is 19.7 Å². The predicted octanol–water partition coefficient (Wildman–Crippen LogP) is 5.25. The summed E-state index contributed by atoms with van der Waals surface area (Å²) in [5.74, 6) is -0.256. The summed E-state index contributed by atoms with van der Waals surface area (Å²) >= 11 is 3.05. The van der Waals surface area contributed by atoms with Gasteiger partial charge in [-0.15, -0.1) is 17.9 Å². The van der Waals surface area contributed by atoms with Gasteiger partial charge in [-0.25, -0.2) is 9.37 Å². The molecule has 0 unspecified atom stereocenters. The molecule has 130 valence electrons. The number of halogens is 1. The Morgan fingerprint density at radius 3 is 2.68 bits per heavy atom. The first-order valence-corrected chi connectivity index (χ1v) is 9.65. The molecule has 0 radical (unpaired) electrons. The molecule has 6 heteroatoms. The largest absolute Gasteiger partial charge is 0.283 e. The monoisotopic (exact) mass is 374 g/mol. The zero-order valence-corrected chi connectivity index (χ0v) is 16.0. The van der Waals surface area contributed by atoms with Gasteiger partial charge in [-0.2, -0.15) is 0 Å². The Kier molecular flexibility index (Phi) is 5.11. The molecule has 3 nitrogen and oxygen atoms in total. The second-order valence-corrected chi connectivity index (χ2v) is 8.38. The van der Waals surface area contributed by atoms with Gasteiger partial charge in [0.15, 0.2) is 5.16 Å². The molecule has 0 aliphatic heterocycles. The van der Waals surface area contributed by atoms with Crippen molar-refractivity contribution in [2.45, 2.75) is 37.7 Å². The maximum absolute atomic E-state index is 13.1. The van der Waals surface area contributed by atoms with Crippen LogP contribution >= 0.6 is 23.1 Å². The number of thioether (sulfide) groups is 1. The van der Waals surface area contributed by atoms with E-state index in [9.17, 15) is 9.18 Å². The summed E-state index contributed by atoms with van der Waals surface area (Å²) in [5, 5.41) is 1.40. The van der Waals surface area contributed by atoms with Gasteiger partial charge < -0.3 is 0 Å². The lowest BCUT2D eigenvalue weighted by Gasteiger charge is -2.15. The summed E-state index contributed by atoms with van der Waals surface area (Å²) in [6.45, 7) is 10.2. The van der Waals surface area contributed by atoms with Gasteiger partial charge in [-0.1, -0.05) is 30.0 Å². The van der Waals surface area contributed by atoms with E-state index >= 15 is 0 Å². The van der Waals surface area contributed by atoms with Gasteiger partial charge in [0.05, 0.1) is 5.39 Å². The number of hydrogen-bond acceptors (Lipinski definition) is 4. The highest BCUT2D eigenvalue weighted by atomic mass is 32.2. The molecule has 0 bridgehead atoms. The van der Waals surface area contributed by atoms with Crippen LogP contribution in [0.1, 0.15) is 28.2 Å². The molecule has 0 fully saturated rings. The summed E-state index contributed by atoms with van der Waals surface area (Å²) in [7, 11) is 0. The van der Waals surface area contributed by atoms with Crippen molar-refractivity contribution in [3.63, 3.8) is 0 Å². The third kappa shape index (κ3) is 3.41. The molecule has 0 saturated carbocycles. The Bertz CT molecular complexity index is 989. The summed E-state index contributed by atoms with van der Waals surface area (Å²) in [4.78, 5) is 19.6. The summed E-state index contributed by atoms with van der Waals surface area (Å²) in [6, 6.07) is 6.43. The maximum Gasteiger partial charge on any atom is 0.263 e. The molecule has 3 aromatic rings. The zero-order chi connectivity index (χ0) is 18.1. The lowest BCUT2D eigenvalue weighted by Crippen LogP contribution is -2.22. The van der Waals surface area contributed by atoms with Crippen LogP contribution in [0.3, 0.4) is 0 Å². The van der Waals surface area contributed by atoms with Gasteiger partial charge in [0.1, 0.15) is 10.6 Å². The lowest BCUT2D eigenvalue weighted by atomic mass is 10.2. The van der Waals surface area contributed by atoms with E-state index in [1.165, 1.54) is 23.9 Å². The number of benzene rings is 1. The number of rotatable bonds is 5. The van der Waals surface area contributed by atoms with E-state index in [1.54, 1.807) is 34.1 Å². The molecule has 0 aliphatic rings. The Morgan fingerprint density at radius 1 is 1.36 bits per heavy atom. The van der Waals surface area contributed by atoms with Gasteiger partial charge >= 0.3 is 0 Å². The van der Waals surface area contributed by atoms with Crippen molar-refractivity contribution >= 4 is 33.3 Å². The van der Waals surface area contributed by atoms with Crippen molar-refractivity contribution in [1.82, 2.24) is 9.55 Å². The number of aryl methyl sites for hydroxylation is 2. The predicted molar refractivity (Wildman–Crippen MR) is 104 cm³/mol. The van der Waals surface area contributed by atoms with Crippen molar-refractivity contribution in [3.8, 4) is 0 Å². The van der Waals surface area contributed by atoms with Crippen LogP contribution in [-0.4, -0.2) is 9.55 Å². The fourth-order valence-corrected chi connectivity index (χ4v) is 4.76. The van der Waals surface area contributed by atoms with Crippen molar-refractivity contribution in [3.05, 3.63) is 69.1 Å². The number of aromatic nitrogens is 2. The van der Waals surface area contributed by atoms with E-state index in [4.69, 9.17) is 4.98 Å². The number of hydrogen-bond donors (Lipinski definition) is 0. The summed E-state index contributed by atoms with van der Waals surface area (Å²) in [5.41, 5.74) is 1.96. The molecule has 1 aromatic carbocycles. The number of nitrogens with zero attached hydrogens (tertiary/aromatic N) is 2. The van der Waals surface area contributed by atoms with E-state index < -0.39 is 0 Å². The van der Waals surface area contributed by atoms with Crippen LogP contribution in [0.2, 0.25) is 0 Å². The fraction of sp³-hybridized carbons (Fsp3) is 0.263. The van der Waals surface area contributed by atoms with Crippen molar-refractivity contribution < 1.29 is 4.39 Å². The molecule has 3 rings (SSSR count). The minimum atomic E-state index is -0.256. The molecule has 2 heterocycles. The Balaban J connectivity index is 2.08. The third-order valence-electron chi connectivity index (χ3n) is 4.19. The fourth-order valence-electron chi connectivity index (χ4n) is 2.65. The van der Waals surface area contributed by atoms with Gasteiger partial charge in [0.2, 0.25) is 0 Å². The van der Waals surface area contributed by atoms with Crippen LogP contribution in [0.5, 0.6) is 0 Å². The van der Waals surface area contributed by atoms with Crippen LogP contribution in [-0.2, 0) is 6.54 Å². The van der Waals surface area contributed by atoms with Gasteiger partial charge in [0.25, 0.3) is 5.56 Å². The molecule has 25 heavy (non-hydrogen) atoms.